The van der Waals surface area contributed by atoms with Gasteiger partial charge in [-0.3, -0.25) is 9.59 Å². The third-order valence-corrected chi connectivity index (χ3v) is 8.46. The fraction of sp³-hybridized carbons (Fsp3) is 0.517. The molecule has 0 radical (unpaired) electrons. The first-order valence-electron chi connectivity index (χ1n) is 13.2. The van der Waals surface area contributed by atoms with Crippen LogP contribution in [0.3, 0.4) is 0 Å². The van der Waals surface area contributed by atoms with E-state index in [4.69, 9.17) is 16.3 Å². The molecule has 0 spiro atoms. The van der Waals surface area contributed by atoms with Crippen LogP contribution in [0.1, 0.15) is 54.1 Å². The minimum absolute atomic E-state index is 0.0169. The lowest BCUT2D eigenvalue weighted by Gasteiger charge is -2.26. The van der Waals surface area contributed by atoms with E-state index >= 15 is 0 Å². The quantitative estimate of drug-likeness (QED) is 0.555. The lowest BCUT2D eigenvalue weighted by Crippen LogP contribution is -2.36. The summed E-state index contributed by atoms with van der Waals surface area (Å²) in [6, 6.07) is 15.6. The Balaban J connectivity index is 1.16. The maximum atomic E-state index is 13.2. The first-order valence-corrected chi connectivity index (χ1v) is 13.6. The van der Waals surface area contributed by atoms with E-state index in [0.717, 1.165) is 64.8 Å². The molecule has 2 saturated heterocycles. The van der Waals surface area contributed by atoms with E-state index in [9.17, 15) is 9.59 Å². The largest absolute Gasteiger partial charge is 0.496 e. The number of nitrogens with zero attached hydrogens (tertiary/aromatic N) is 2. The molecule has 1 aliphatic carbocycles. The minimum Gasteiger partial charge on any atom is -0.496 e. The number of carbonyl (C=O) groups is 2. The number of rotatable bonds is 8. The van der Waals surface area contributed by atoms with E-state index in [-0.39, 0.29) is 23.8 Å². The zero-order valence-electron chi connectivity index (χ0n) is 21.0. The lowest BCUT2D eigenvalue weighted by atomic mass is 10.0. The average molecular weight is 510 g/mol. The fourth-order valence-corrected chi connectivity index (χ4v) is 6.41. The normalized spacial score (nSPS) is 23.0. The van der Waals surface area contributed by atoms with Gasteiger partial charge in [-0.1, -0.05) is 54.8 Å². The van der Waals surface area contributed by atoms with E-state index in [1.807, 2.05) is 23.1 Å². The summed E-state index contributed by atoms with van der Waals surface area (Å²) in [5, 5.41) is 3.93. The van der Waals surface area contributed by atoms with Gasteiger partial charge in [0.25, 0.3) is 5.91 Å². The molecule has 2 aromatic rings. The summed E-state index contributed by atoms with van der Waals surface area (Å²) in [5.74, 6) is 1.89. The van der Waals surface area contributed by atoms with Crippen molar-refractivity contribution >= 4 is 23.4 Å². The number of halogens is 1. The fourth-order valence-electron chi connectivity index (χ4n) is 6.25. The van der Waals surface area contributed by atoms with E-state index in [0.29, 0.717) is 28.2 Å². The number of hydrogen-bond acceptors (Lipinski definition) is 4. The van der Waals surface area contributed by atoms with Crippen LogP contribution in [0.25, 0.3) is 0 Å². The molecule has 0 bridgehead atoms. The van der Waals surface area contributed by atoms with Crippen molar-refractivity contribution in [3.8, 4) is 5.75 Å². The van der Waals surface area contributed by atoms with Crippen LogP contribution in [0.15, 0.2) is 48.5 Å². The van der Waals surface area contributed by atoms with Gasteiger partial charge in [0, 0.05) is 43.7 Å². The summed E-state index contributed by atoms with van der Waals surface area (Å²) in [5.41, 5.74) is 1.75. The molecule has 1 N–H and O–H groups in total. The third kappa shape index (κ3) is 5.55. The number of fused-ring (bicyclic) bond motifs is 1. The van der Waals surface area contributed by atoms with Crippen molar-refractivity contribution in [3.63, 3.8) is 0 Å². The number of amides is 2. The predicted octanol–water partition coefficient (Wildman–Crippen LogP) is 4.79. The molecule has 5 rings (SSSR count). The molecule has 6 nitrogen and oxygen atoms in total. The van der Waals surface area contributed by atoms with Crippen molar-refractivity contribution in [1.82, 2.24) is 15.1 Å². The van der Waals surface area contributed by atoms with Gasteiger partial charge in [-0.15, -0.1) is 0 Å². The molecule has 2 unspecified atom stereocenters. The van der Waals surface area contributed by atoms with Crippen molar-refractivity contribution < 1.29 is 14.3 Å². The highest BCUT2D eigenvalue weighted by Gasteiger charge is 2.42. The van der Waals surface area contributed by atoms with Crippen LogP contribution < -0.4 is 10.1 Å². The van der Waals surface area contributed by atoms with E-state index in [1.54, 1.807) is 25.3 Å². The molecule has 0 aromatic heterocycles. The van der Waals surface area contributed by atoms with Crippen LogP contribution in [0.2, 0.25) is 5.02 Å². The molecule has 3 aliphatic rings. The highest BCUT2D eigenvalue weighted by atomic mass is 35.5. The maximum absolute atomic E-state index is 13.2. The molecule has 2 amide bonds. The number of hydrogen-bond donors (Lipinski definition) is 1. The van der Waals surface area contributed by atoms with Crippen molar-refractivity contribution in [2.24, 2.45) is 17.8 Å². The Morgan fingerprint density at radius 1 is 1.03 bits per heavy atom. The molecular weight excluding hydrogens is 474 g/mol. The van der Waals surface area contributed by atoms with E-state index in [2.05, 4.69) is 22.3 Å². The summed E-state index contributed by atoms with van der Waals surface area (Å²) in [7, 11) is 1.57. The average Bonchev–Trinajstić information content (AvgIpc) is 3.64. The lowest BCUT2D eigenvalue weighted by molar-refractivity contribution is -0.125. The van der Waals surface area contributed by atoms with Crippen molar-refractivity contribution in [1.29, 1.82) is 0 Å². The molecule has 7 heteroatoms. The summed E-state index contributed by atoms with van der Waals surface area (Å²) in [6.07, 6.45) is 5.25. The highest BCUT2D eigenvalue weighted by molar-refractivity contribution is 6.30. The van der Waals surface area contributed by atoms with Crippen LogP contribution in [0.4, 0.5) is 0 Å². The number of methoxy groups -OCH3 is 1. The monoisotopic (exact) mass is 509 g/mol. The van der Waals surface area contributed by atoms with Gasteiger partial charge in [-0.25, -0.2) is 0 Å². The Kier molecular flexibility index (Phi) is 7.82. The van der Waals surface area contributed by atoms with Crippen LogP contribution in [-0.4, -0.2) is 61.4 Å². The zero-order valence-corrected chi connectivity index (χ0v) is 21.8. The van der Waals surface area contributed by atoms with Gasteiger partial charge < -0.3 is 19.9 Å². The molecule has 3 fully saturated rings. The van der Waals surface area contributed by atoms with Crippen LogP contribution in [0.5, 0.6) is 5.75 Å². The number of nitrogens with one attached hydrogen (secondary N) is 1. The standard InChI is InChI=1S/C29H36ClN3O3/c1-36-27-15-24(30)11-12-25(27)29(35)33-18-22-16-32(17-23(22)19-33)14-13-26(20-7-3-2-4-8-20)31-28(34)21-9-5-6-10-21/h2-4,7-8,11-12,15,21-23,26H,5-6,9-10,13-14,16-19H2,1H3,(H,31,34)/t22-,23?,26?/m0/s1. The molecule has 3 atom stereocenters. The van der Waals surface area contributed by atoms with Gasteiger partial charge in [0.15, 0.2) is 0 Å². The molecule has 36 heavy (non-hydrogen) atoms. The summed E-state index contributed by atoms with van der Waals surface area (Å²) in [6.45, 7) is 4.46. The molecule has 2 aliphatic heterocycles. The minimum atomic E-state index is 0.0169. The van der Waals surface area contributed by atoms with Crippen LogP contribution >= 0.6 is 11.6 Å². The summed E-state index contributed by atoms with van der Waals surface area (Å²) < 4.78 is 5.40. The first kappa shape index (κ1) is 25.1. The topological polar surface area (TPSA) is 61.9 Å². The summed E-state index contributed by atoms with van der Waals surface area (Å²) >= 11 is 6.07. The first-order chi connectivity index (χ1) is 17.5. The molecule has 2 aromatic carbocycles. The number of likely N-dealkylation sites (tertiary alicyclic amines) is 2. The second-order valence-electron chi connectivity index (χ2n) is 10.6. The van der Waals surface area contributed by atoms with Crippen molar-refractivity contribution in [2.45, 2.75) is 38.1 Å². The number of ether oxygens (including phenoxy) is 1. The zero-order chi connectivity index (χ0) is 25.1. The van der Waals surface area contributed by atoms with Crippen LogP contribution in [0, 0.1) is 17.8 Å². The SMILES string of the molecule is COc1cc(Cl)ccc1C(=O)N1CC2CN(CCC(NC(=O)C3CCCC3)c3ccccc3)C[C@H]2C1. The molecular formula is C29H36ClN3O3. The Bertz CT molecular complexity index is 1060. The van der Waals surface area contributed by atoms with Gasteiger partial charge in [-0.2, -0.15) is 0 Å². The third-order valence-electron chi connectivity index (χ3n) is 8.22. The van der Waals surface area contributed by atoms with E-state index < -0.39 is 0 Å². The van der Waals surface area contributed by atoms with E-state index in [1.165, 1.54) is 5.56 Å². The smallest absolute Gasteiger partial charge is 0.257 e. The van der Waals surface area contributed by atoms with Crippen LogP contribution in [-0.2, 0) is 4.79 Å². The Labute approximate surface area is 218 Å². The number of carbonyl (C=O) groups excluding carboxylic acids is 2. The van der Waals surface area contributed by atoms with Crippen molar-refractivity contribution in [2.75, 3.05) is 39.8 Å². The molecule has 2 heterocycles. The van der Waals surface area contributed by atoms with Gasteiger partial charge >= 0.3 is 0 Å². The van der Waals surface area contributed by atoms with Gasteiger partial charge in [0.2, 0.25) is 5.91 Å². The highest BCUT2D eigenvalue weighted by Crippen LogP contribution is 2.34. The summed E-state index contributed by atoms with van der Waals surface area (Å²) in [4.78, 5) is 30.5. The van der Waals surface area contributed by atoms with Gasteiger partial charge in [0.1, 0.15) is 5.75 Å². The van der Waals surface area contributed by atoms with Crippen molar-refractivity contribution in [3.05, 3.63) is 64.7 Å². The Morgan fingerprint density at radius 2 is 1.72 bits per heavy atom. The predicted molar refractivity (Wildman–Crippen MR) is 141 cm³/mol. The Hall–Kier alpha value is -2.57. The maximum Gasteiger partial charge on any atom is 0.257 e. The van der Waals surface area contributed by atoms with Gasteiger partial charge in [0.05, 0.1) is 18.7 Å². The second-order valence-corrected chi connectivity index (χ2v) is 11.0. The van der Waals surface area contributed by atoms with Gasteiger partial charge in [-0.05, 0) is 54.9 Å². The molecule has 1 saturated carbocycles. The second kappa shape index (κ2) is 11.2. The number of benzene rings is 2. The Morgan fingerprint density at radius 3 is 2.39 bits per heavy atom. The molecule has 192 valence electrons.